The molecule has 1 aromatic rings. The van der Waals surface area contributed by atoms with Crippen molar-refractivity contribution in [1.29, 1.82) is 0 Å². The Hall–Kier alpha value is -1.93. The normalized spacial score (nSPS) is 16.0. The summed E-state index contributed by atoms with van der Waals surface area (Å²) in [7, 11) is 0. The third-order valence-electron chi connectivity index (χ3n) is 3.71. The molecule has 0 spiro atoms. The number of aromatic nitrogens is 2. The predicted octanol–water partition coefficient (Wildman–Crippen LogP) is 1.33. The zero-order valence-corrected chi connectivity index (χ0v) is 12.5. The number of hydrogen-bond acceptors (Lipinski definition) is 4. The largest absolute Gasteiger partial charge is 0.352 e. The van der Waals surface area contributed by atoms with E-state index in [9.17, 15) is 4.79 Å². The van der Waals surface area contributed by atoms with Gasteiger partial charge in [-0.05, 0) is 37.9 Å². The summed E-state index contributed by atoms with van der Waals surface area (Å²) in [6, 6.07) is 1.68. The first-order chi connectivity index (χ1) is 10.3. The number of hydrogen-bond donors (Lipinski definition) is 1. The van der Waals surface area contributed by atoms with Crippen molar-refractivity contribution in [2.24, 2.45) is 5.92 Å². The third kappa shape index (κ3) is 5.16. The molecular weight excluding hydrogens is 264 g/mol. The van der Waals surface area contributed by atoms with Crippen molar-refractivity contribution >= 4 is 5.91 Å². The molecule has 0 unspecified atom stereocenters. The maximum atomic E-state index is 11.9. The van der Waals surface area contributed by atoms with Crippen molar-refractivity contribution in [2.75, 3.05) is 26.2 Å². The topological polar surface area (TPSA) is 58.1 Å². The molecule has 2 heterocycles. The van der Waals surface area contributed by atoms with Gasteiger partial charge in [0, 0.05) is 13.0 Å². The Labute approximate surface area is 126 Å². The summed E-state index contributed by atoms with van der Waals surface area (Å²) >= 11 is 0. The van der Waals surface area contributed by atoms with Crippen molar-refractivity contribution < 1.29 is 4.79 Å². The molecule has 1 fully saturated rings. The van der Waals surface area contributed by atoms with E-state index in [2.05, 4.69) is 39.2 Å². The SMILES string of the molecule is CCC#CCN1CCC(CNC(=O)c2ccnnc2)CC1. The van der Waals surface area contributed by atoms with Crippen LogP contribution in [-0.2, 0) is 0 Å². The zero-order valence-electron chi connectivity index (χ0n) is 12.5. The number of carbonyl (C=O) groups excluding carboxylic acids is 1. The lowest BCUT2D eigenvalue weighted by Crippen LogP contribution is -2.38. The van der Waals surface area contributed by atoms with Crippen LogP contribution in [0.1, 0.15) is 36.5 Å². The quantitative estimate of drug-likeness (QED) is 0.848. The molecule has 5 heteroatoms. The molecule has 5 nitrogen and oxygen atoms in total. The van der Waals surface area contributed by atoms with E-state index in [-0.39, 0.29) is 5.91 Å². The highest BCUT2D eigenvalue weighted by molar-refractivity contribution is 5.93. The first-order valence-corrected chi connectivity index (χ1v) is 7.52. The minimum Gasteiger partial charge on any atom is -0.352 e. The Kier molecular flexibility index (Phi) is 6.17. The fourth-order valence-electron chi connectivity index (χ4n) is 2.41. The first-order valence-electron chi connectivity index (χ1n) is 7.52. The van der Waals surface area contributed by atoms with Crippen molar-refractivity contribution in [2.45, 2.75) is 26.2 Å². The number of nitrogens with one attached hydrogen (secondary N) is 1. The van der Waals surface area contributed by atoms with Crippen molar-refractivity contribution in [1.82, 2.24) is 20.4 Å². The smallest absolute Gasteiger partial charge is 0.252 e. The Bertz CT molecular complexity index is 498. The molecule has 112 valence electrons. The van der Waals surface area contributed by atoms with Crippen molar-refractivity contribution in [3.63, 3.8) is 0 Å². The fraction of sp³-hybridized carbons (Fsp3) is 0.562. The molecule has 1 N–H and O–H groups in total. The number of carbonyl (C=O) groups is 1. The second kappa shape index (κ2) is 8.38. The molecule has 1 aliphatic heterocycles. The Balaban J connectivity index is 1.68. The third-order valence-corrected chi connectivity index (χ3v) is 3.71. The van der Waals surface area contributed by atoms with Crippen LogP contribution in [-0.4, -0.2) is 47.2 Å². The van der Waals surface area contributed by atoms with Gasteiger partial charge in [0.2, 0.25) is 0 Å². The van der Waals surface area contributed by atoms with E-state index in [1.165, 1.54) is 12.4 Å². The number of amides is 1. The summed E-state index contributed by atoms with van der Waals surface area (Å²) in [5, 5.41) is 10.4. The molecule has 0 aliphatic carbocycles. The van der Waals surface area contributed by atoms with Crippen LogP contribution >= 0.6 is 0 Å². The Morgan fingerprint density at radius 1 is 1.38 bits per heavy atom. The summed E-state index contributed by atoms with van der Waals surface area (Å²) < 4.78 is 0. The highest BCUT2D eigenvalue weighted by Crippen LogP contribution is 2.16. The van der Waals surface area contributed by atoms with E-state index >= 15 is 0 Å². The minimum absolute atomic E-state index is 0.0684. The minimum atomic E-state index is -0.0684. The molecule has 21 heavy (non-hydrogen) atoms. The lowest BCUT2D eigenvalue weighted by molar-refractivity contribution is 0.0937. The average Bonchev–Trinajstić information content (AvgIpc) is 2.55. The van der Waals surface area contributed by atoms with Gasteiger partial charge in [0.05, 0.1) is 24.5 Å². The standard InChI is InChI=1S/C16H22N4O/c1-2-3-4-9-20-10-6-14(7-11-20)12-17-16(21)15-5-8-18-19-13-15/h5,8,13-14H,2,6-7,9-12H2,1H3,(H,17,21). The molecule has 1 amide bonds. The van der Waals surface area contributed by atoms with Gasteiger partial charge in [0.15, 0.2) is 0 Å². The second-order valence-electron chi connectivity index (χ2n) is 5.27. The number of likely N-dealkylation sites (tertiary alicyclic amines) is 1. The molecule has 1 aliphatic rings. The van der Waals surface area contributed by atoms with Gasteiger partial charge in [0.1, 0.15) is 0 Å². The summed E-state index contributed by atoms with van der Waals surface area (Å²) in [4.78, 5) is 14.3. The van der Waals surface area contributed by atoms with Crippen LogP contribution in [0.15, 0.2) is 18.5 Å². The summed E-state index contributed by atoms with van der Waals surface area (Å²) in [5.74, 6) is 6.78. The number of piperidine rings is 1. The molecule has 0 bridgehead atoms. The predicted molar refractivity (Wildman–Crippen MR) is 81.6 cm³/mol. The van der Waals surface area contributed by atoms with E-state index in [0.29, 0.717) is 11.5 Å². The van der Waals surface area contributed by atoms with E-state index in [1.54, 1.807) is 6.07 Å². The van der Waals surface area contributed by atoms with Crippen LogP contribution in [0.3, 0.4) is 0 Å². The molecule has 1 saturated heterocycles. The van der Waals surface area contributed by atoms with Crippen LogP contribution in [0, 0.1) is 17.8 Å². The van der Waals surface area contributed by atoms with Crippen LogP contribution in [0.5, 0.6) is 0 Å². The molecule has 0 saturated carbocycles. The lowest BCUT2D eigenvalue weighted by Gasteiger charge is -2.30. The Morgan fingerprint density at radius 3 is 2.86 bits per heavy atom. The maximum Gasteiger partial charge on any atom is 0.252 e. The van der Waals surface area contributed by atoms with Gasteiger partial charge in [-0.15, -0.1) is 5.92 Å². The Morgan fingerprint density at radius 2 is 2.19 bits per heavy atom. The van der Waals surface area contributed by atoms with E-state index in [4.69, 9.17) is 0 Å². The van der Waals surface area contributed by atoms with Gasteiger partial charge in [-0.1, -0.05) is 12.8 Å². The number of nitrogens with zero attached hydrogens (tertiary/aromatic N) is 3. The highest BCUT2D eigenvalue weighted by Gasteiger charge is 2.19. The van der Waals surface area contributed by atoms with E-state index < -0.39 is 0 Å². The van der Waals surface area contributed by atoms with Gasteiger partial charge in [-0.25, -0.2) is 0 Å². The summed E-state index contributed by atoms with van der Waals surface area (Å²) in [6.07, 6.45) is 6.17. The van der Waals surface area contributed by atoms with Gasteiger partial charge in [-0.2, -0.15) is 10.2 Å². The van der Waals surface area contributed by atoms with Crippen LogP contribution < -0.4 is 5.32 Å². The van der Waals surface area contributed by atoms with Gasteiger partial charge in [-0.3, -0.25) is 9.69 Å². The monoisotopic (exact) mass is 286 g/mol. The first kappa shape index (κ1) is 15.5. The maximum absolute atomic E-state index is 11.9. The van der Waals surface area contributed by atoms with Crippen molar-refractivity contribution in [3.05, 3.63) is 24.0 Å². The van der Waals surface area contributed by atoms with Gasteiger partial charge in [0.25, 0.3) is 5.91 Å². The van der Waals surface area contributed by atoms with Crippen LogP contribution in [0.2, 0.25) is 0 Å². The van der Waals surface area contributed by atoms with Crippen LogP contribution in [0.4, 0.5) is 0 Å². The molecule has 1 aromatic heterocycles. The average molecular weight is 286 g/mol. The van der Waals surface area contributed by atoms with Crippen LogP contribution in [0.25, 0.3) is 0 Å². The summed E-state index contributed by atoms with van der Waals surface area (Å²) in [6.45, 7) is 5.80. The highest BCUT2D eigenvalue weighted by atomic mass is 16.1. The van der Waals surface area contributed by atoms with Gasteiger partial charge < -0.3 is 5.32 Å². The van der Waals surface area contributed by atoms with Gasteiger partial charge >= 0.3 is 0 Å². The van der Waals surface area contributed by atoms with E-state index in [1.807, 2.05) is 0 Å². The lowest BCUT2D eigenvalue weighted by atomic mass is 9.96. The fourth-order valence-corrected chi connectivity index (χ4v) is 2.41. The summed E-state index contributed by atoms with van der Waals surface area (Å²) in [5.41, 5.74) is 0.567. The van der Waals surface area contributed by atoms with Crippen molar-refractivity contribution in [3.8, 4) is 11.8 Å². The molecule has 2 rings (SSSR count). The molecule has 0 atom stereocenters. The van der Waals surface area contributed by atoms with E-state index in [0.717, 1.165) is 45.4 Å². The molecule has 0 aromatic carbocycles. The molecule has 0 radical (unpaired) electrons. The zero-order chi connectivity index (χ0) is 14.9. The molecular formula is C16H22N4O. The number of rotatable bonds is 4. The second-order valence-corrected chi connectivity index (χ2v) is 5.27.